The molecule has 1 aliphatic rings. The van der Waals surface area contributed by atoms with Crippen LogP contribution in [0, 0.1) is 13.8 Å². The molecule has 0 atom stereocenters. The van der Waals surface area contributed by atoms with Gasteiger partial charge in [-0.05, 0) is 32.8 Å². The molecule has 116 valence electrons. The van der Waals surface area contributed by atoms with E-state index in [4.69, 9.17) is 0 Å². The highest BCUT2D eigenvalue weighted by molar-refractivity contribution is 5.93. The van der Waals surface area contributed by atoms with Crippen LogP contribution in [0.1, 0.15) is 34.8 Å². The fraction of sp³-hybridized carbons (Fsp3) is 0.500. The lowest BCUT2D eigenvalue weighted by molar-refractivity contribution is -0.129. The maximum atomic E-state index is 12.1. The highest BCUT2D eigenvalue weighted by atomic mass is 16.2. The summed E-state index contributed by atoms with van der Waals surface area (Å²) in [6.07, 6.45) is 2.05. The second-order valence-corrected chi connectivity index (χ2v) is 5.46. The molecule has 1 aliphatic heterocycles. The minimum atomic E-state index is -0.463. The molecule has 2 aromatic heterocycles. The normalized spacial score (nSPS) is 14.5. The van der Waals surface area contributed by atoms with E-state index in [-0.39, 0.29) is 18.3 Å². The molecule has 22 heavy (non-hydrogen) atoms. The largest absolute Gasteiger partial charge is 0.341 e. The number of nitrogens with one attached hydrogen (secondary N) is 1. The summed E-state index contributed by atoms with van der Waals surface area (Å²) < 4.78 is 1.52. The molecule has 0 aliphatic carbocycles. The summed E-state index contributed by atoms with van der Waals surface area (Å²) in [6, 6.07) is 1.86. The molecular formula is C14H18N6O2. The van der Waals surface area contributed by atoms with Crippen molar-refractivity contribution in [2.75, 3.05) is 19.6 Å². The van der Waals surface area contributed by atoms with Gasteiger partial charge >= 0.3 is 0 Å². The first-order valence-electron chi connectivity index (χ1n) is 7.31. The Hall–Kier alpha value is -2.51. The van der Waals surface area contributed by atoms with Crippen molar-refractivity contribution >= 4 is 17.6 Å². The van der Waals surface area contributed by atoms with Crippen LogP contribution in [0.2, 0.25) is 0 Å². The van der Waals surface area contributed by atoms with E-state index in [1.165, 1.54) is 4.52 Å². The molecule has 3 heterocycles. The average Bonchev–Trinajstić information content (AvgIpc) is 3.13. The zero-order valence-electron chi connectivity index (χ0n) is 12.7. The Bertz CT molecular complexity index is 732. The van der Waals surface area contributed by atoms with E-state index in [0.717, 1.165) is 37.3 Å². The standard InChI is InChI=1S/C14H18N6O2/c1-9-7-10(2)20-14(16-9)17-12(18-20)13(22)15-8-11(21)19-5-3-4-6-19/h7H,3-6,8H2,1-2H3,(H,15,22). The van der Waals surface area contributed by atoms with E-state index in [1.807, 2.05) is 19.9 Å². The number of fused-ring (bicyclic) bond motifs is 1. The van der Waals surface area contributed by atoms with Gasteiger partial charge in [-0.2, -0.15) is 4.98 Å². The Kier molecular flexibility index (Phi) is 3.74. The first-order chi connectivity index (χ1) is 10.5. The van der Waals surface area contributed by atoms with Gasteiger partial charge in [-0.15, -0.1) is 5.10 Å². The maximum absolute atomic E-state index is 12.1. The molecular weight excluding hydrogens is 284 g/mol. The van der Waals surface area contributed by atoms with Crippen molar-refractivity contribution in [1.82, 2.24) is 29.8 Å². The minimum absolute atomic E-state index is 0.0235. The van der Waals surface area contributed by atoms with Crippen molar-refractivity contribution in [3.05, 3.63) is 23.3 Å². The summed E-state index contributed by atoms with van der Waals surface area (Å²) in [6.45, 7) is 5.23. The van der Waals surface area contributed by atoms with Gasteiger partial charge in [0.2, 0.25) is 11.7 Å². The minimum Gasteiger partial charge on any atom is -0.341 e. The topological polar surface area (TPSA) is 92.5 Å². The van der Waals surface area contributed by atoms with Crippen molar-refractivity contribution in [3.63, 3.8) is 0 Å². The van der Waals surface area contributed by atoms with Crippen LogP contribution in [0.3, 0.4) is 0 Å². The lowest BCUT2D eigenvalue weighted by Gasteiger charge is -2.14. The number of rotatable bonds is 3. The van der Waals surface area contributed by atoms with Gasteiger partial charge in [0, 0.05) is 24.5 Å². The summed E-state index contributed by atoms with van der Waals surface area (Å²) in [5.41, 5.74) is 1.66. The van der Waals surface area contributed by atoms with E-state index in [1.54, 1.807) is 4.90 Å². The van der Waals surface area contributed by atoms with Gasteiger partial charge in [0.1, 0.15) is 0 Å². The number of carbonyl (C=O) groups is 2. The predicted octanol–water partition coefficient (Wildman–Crippen LogP) is 0.0933. The lowest BCUT2D eigenvalue weighted by Crippen LogP contribution is -2.39. The van der Waals surface area contributed by atoms with Crippen LogP contribution in [0.15, 0.2) is 6.07 Å². The van der Waals surface area contributed by atoms with Gasteiger partial charge in [-0.3, -0.25) is 9.59 Å². The molecule has 2 aromatic rings. The van der Waals surface area contributed by atoms with E-state index >= 15 is 0 Å². The molecule has 1 N–H and O–H groups in total. The van der Waals surface area contributed by atoms with Gasteiger partial charge < -0.3 is 10.2 Å². The number of likely N-dealkylation sites (tertiary alicyclic amines) is 1. The third-order valence-corrected chi connectivity index (χ3v) is 3.68. The van der Waals surface area contributed by atoms with Crippen LogP contribution in [-0.4, -0.2) is 55.9 Å². The van der Waals surface area contributed by atoms with Crippen LogP contribution in [0.4, 0.5) is 0 Å². The van der Waals surface area contributed by atoms with E-state index in [2.05, 4.69) is 20.4 Å². The van der Waals surface area contributed by atoms with Crippen molar-refractivity contribution in [3.8, 4) is 0 Å². The van der Waals surface area contributed by atoms with Crippen LogP contribution in [0.25, 0.3) is 5.78 Å². The van der Waals surface area contributed by atoms with Gasteiger partial charge in [0.25, 0.3) is 11.7 Å². The highest BCUT2D eigenvalue weighted by Crippen LogP contribution is 2.07. The Morgan fingerprint density at radius 2 is 1.95 bits per heavy atom. The third-order valence-electron chi connectivity index (χ3n) is 3.68. The predicted molar refractivity (Wildman–Crippen MR) is 78.4 cm³/mol. The number of amides is 2. The fourth-order valence-corrected chi connectivity index (χ4v) is 2.58. The number of aromatic nitrogens is 4. The lowest BCUT2D eigenvalue weighted by atomic mass is 10.4. The Morgan fingerprint density at radius 3 is 2.68 bits per heavy atom. The summed E-state index contributed by atoms with van der Waals surface area (Å²) in [5, 5.41) is 6.71. The Labute approximate surface area is 127 Å². The highest BCUT2D eigenvalue weighted by Gasteiger charge is 2.20. The first-order valence-corrected chi connectivity index (χ1v) is 7.31. The monoisotopic (exact) mass is 302 g/mol. The SMILES string of the molecule is Cc1cc(C)n2nc(C(=O)NCC(=O)N3CCCC3)nc2n1. The number of nitrogens with zero attached hydrogens (tertiary/aromatic N) is 5. The first kappa shape index (κ1) is 14.4. The third kappa shape index (κ3) is 2.76. The molecule has 0 radical (unpaired) electrons. The Balaban J connectivity index is 1.69. The van der Waals surface area contributed by atoms with E-state index in [9.17, 15) is 9.59 Å². The Morgan fingerprint density at radius 1 is 1.23 bits per heavy atom. The van der Waals surface area contributed by atoms with Gasteiger partial charge in [-0.25, -0.2) is 9.50 Å². The summed E-state index contributed by atoms with van der Waals surface area (Å²) in [4.78, 5) is 34.1. The molecule has 1 saturated heterocycles. The molecule has 0 aromatic carbocycles. The summed E-state index contributed by atoms with van der Waals surface area (Å²) in [7, 11) is 0. The maximum Gasteiger partial charge on any atom is 0.291 e. The molecule has 3 rings (SSSR count). The number of carbonyl (C=O) groups excluding carboxylic acids is 2. The summed E-state index contributed by atoms with van der Waals surface area (Å²) >= 11 is 0. The van der Waals surface area contributed by atoms with E-state index < -0.39 is 5.91 Å². The number of hydrogen-bond acceptors (Lipinski definition) is 5. The molecule has 0 saturated carbocycles. The zero-order chi connectivity index (χ0) is 15.7. The summed E-state index contributed by atoms with van der Waals surface area (Å²) in [5.74, 6) is -0.126. The average molecular weight is 302 g/mol. The van der Waals surface area contributed by atoms with Gasteiger partial charge in [-0.1, -0.05) is 0 Å². The smallest absolute Gasteiger partial charge is 0.291 e. The molecule has 1 fully saturated rings. The van der Waals surface area contributed by atoms with E-state index in [0.29, 0.717) is 5.78 Å². The molecule has 8 nitrogen and oxygen atoms in total. The van der Waals surface area contributed by atoms with Crippen molar-refractivity contribution in [1.29, 1.82) is 0 Å². The van der Waals surface area contributed by atoms with Crippen LogP contribution in [-0.2, 0) is 4.79 Å². The van der Waals surface area contributed by atoms with Gasteiger partial charge in [0.15, 0.2) is 0 Å². The molecule has 0 spiro atoms. The zero-order valence-corrected chi connectivity index (χ0v) is 12.7. The van der Waals surface area contributed by atoms with Crippen molar-refractivity contribution in [2.24, 2.45) is 0 Å². The molecule has 0 unspecified atom stereocenters. The second kappa shape index (κ2) is 5.70. The van der Waals surface area contributed by atoms with Crippen LogP contribution in [0.5, 0.6) is 0 Å². The molecule has 8 heteroatoms. The fourth-order valence-electron chi connectivity index (χ4n) is 2.58. The molecule has 0 bridgehead atoms. The number of aryl methyl sites for hydroxylation is 2. The van der Waals surface area contributed by atoms with Gasteiger partial charge in [0.05, 0.1) is 6.54 Å². The quantitative estimate of drug-likeness (QED) is 0.867. The van der Waals surface area contributed by atoms with Crippen LogP contribution < -0.4 is 5.32 Å². The van der Waals surface area contributed by atoms with Crippen LogP contribution >= 0.6 is 0 Å². The molecule has 2 amide bonds. The van der Waals surface area contributed by atoms with Crippen molar-refractivity contribution < 1.29 is 9.59 Å². The number of hydrogen-bond donors (Lipinski definition) is 1. The van der Waals surface area contributed by atoms with Crippen molar-refractivity contribution in [2.45, 2.75) is 26.7 Å². The second-order valence-electron chi connectivity index (χ2n) is 5.46.